The van der Waals surface area contributed by atoms with Crippen molar-refractivity contribution in [2.45, 2.75) is 13.5 Å². The molecule has 1 aliphatic rings. The summed E-state index contributed by atoms with van der Waals surface area (Å²) >= 11 is 0. The first-order valence-corrected chi connectivity index (χ1v) is 7.24. The van der Waals surface area contributed by atoms with E-state index in [2.05, 4.69) is 34.5 Å². The molecule has 0 spiro atoms. The molecule has 0 atom stereocenters. The van der Waals surface area contributed by atoms with Gasteiger partial charge in [-0.15, -0.1) is 24.0 Å². The summed E-state index contributed by atoms with van der Waals surface area (Å²) in [5, 5.41) is 6.59. The van der Waals surface area contributed by atoms with Crippen molar-refractivity contribution >= 4 is 29.9 Å². The van der Waals surface area contributed by atoms with Gasteiger partial charge in [-0.2, -0.15) is 0 Å². The number of ether oxygens (including phenoxy) is 2. The molecule has 2 N–H and O–H groups in total. The Bertz CT molecular complexity index is 496. The van der Waals surface area contributed by atoms with Crippen molar-refractivity contribution in [3.05, 3.63) is 23.8 Å². The number of halogens is 1. The second-order valence-electron chi connectivity index (χ2n) is 4.94. The summed E-state index contributed by atoms with van der Waals surface area (Å²) in [6, 6.07) is 5.96. The van der Waals surface area contributed by atoms with Crippen LogP contribution in [0.15, 0.2) is 23.2 Å². The molecule has 7 heteroatoms. The van der Waals surface area contributed by atoms with E-state index in [1.807, 2.05) is 18.2 Å². The summed E-state index contributed by atoms with van der Waals surface area (Å²) in [6.45, 7) is 6.05. The van der Waals surface area contributed by atoms with Crippen molar-refractivity contribution in [2.24, 2.45) is 4.99 Å². The Hall–Kier alpha value is -1.22. The third kappa shape index (κ3) is 5.53. The van der Waals surface area contributed by atoms with Gasteiger partial charge in [0.2, 0.25) is 6.79 Å². The number of nitrogens with one attached hydrogen (secondary N) is 2. The Morgan fingerprint density at radius 2 is 2.05 bits per heavy atom. The summed E-state index contributed by atoms with van der Waals surface area (Å²) in [7, 11) is 3.88. The van der Waals surface area contributed by atoms with Crippen molar-refractivity contribution in [3.63, 3.8) is 0 Å². The lowest BCUT2D eigenvalue weighted by Crippen LogP contribution is -2.40. The zero-order chi connectivity index (χ0) is 15.1. The first-order valence-electron chi connectivity index (χ1n) is 7.24. The van der Waals surface area contributed by atoms with Gasteiger partial charge < -0.3 is 25.0 Å². The zero-order valence-electron chi connectivity index (χ0n) is 13.4. The number of hydrogen-bond acceptors (Lipinski definition) is 4. The second-order valence-corrected chi connectivity index (χ2v) is 4.94. The quantitative estimate of drug-likeness (QED) is 0.417. The molecule has 6 nitrogen and oxygen atoms in total. The number of rotatable bonds is 6. The average Bonchev–Trinajstić information content (AvgIpc) is 2.97. The van der Waals surface area contributed by atoms with E-state index in [1.165, 1.54) is 0 Å². The van der Waals surface area contributed by atoms with Crippen LogP contribution in [-0.2, 0) is 6.54 Å². The molecule has 1 aromatic carbocycles. The molecule has 0 radical (unpaired) electrons. The molecule has 22 heavy (non-hydrogen) atoms. The minimum atomic E-state index is 0. The molecule has 0 bridgehead atoms. The molecule has 0 saturated heterocycles. The van der Waals surface area contributed by atoms with Crippen LogP contribution in [-0.4, -0.2) is 51.4 Å². The number of fused-ring (bicyclic) bond motifs is 1. The normalized spacial score (nSPS) is 13.0. The standard InChI is InChI=1S/C15H24N4O2.HI/c1-4-19(3)8-7-17-15(16-2)18-10-12-5-6-13-14(9-12)21-11-20-13;/h5-6,9H,4,7-8,10-11H2,1-3H3,(H2,16,17,18);1H. The lowest BCUT2D eigenvalue weighted by atomic mass is 10.2. The SMILES string of the molecule is CCN(C)CCNC(=NC)NCc1ccc2c(c1)OCO2.I. The third-order valence-corrected chi connectivity index (χ3v) is 3.45. The Kier molecular flexibility index (Phi) is 8.32. The van der Waals surface area contributed by atoms with Gasteiger partial charge >= 0.3 is 0 Å². The van der Waals surface area contributed by atoms with Crippen LogP contribution < -0.4 is 20.1 Å². The third-order valence-electron chi connectivity index (χ3n) is 3.45. The van der Waals surface area contributed by atoms with Gasteiger partial charge in [-0.05, 0) is 31.3 Å². The van der Waals surface area contributed by atoms with Crippen molar-refractivity contribution < 1.29 is 9.47 Å². The van der Waals surface area contributed by atoms with Gasteiger partial charge in [0, 0.05) is 26.7 Å². The molecule has 0 aromatic heterocycles. The predicted octanol–water partition coefficient (Wildman–Crippen LogP) is 1.65. The topological polar surface area (TPSA) is 58.1 Å². The van der Waals surface area contributed by atoms with Crippen molar-refractivity contribution in [1.29, 1.82) is 0 Å². The number of nitrogens with zero attached hydrogens (tertiary/aromatic N) is 2. The van der Waals surface area contributed by atoms with Gasteiger partial charge in [0.1, 0.15) is 0 Å². The highest BCUT2D eigenvalue weighted by molar-refractivity contribution is 14.0. The fourth-order valence-electron chi connectivity index (χ4n) is 1.98. The van der Waals surface area contributed by atoms with Crippen LogP contribution in [0.1, 0.15) is 12.5 Å². The van der Waals surface area contributed by atoms with Crippen LogP contribution in [0.2, 0.25) is 0 Å². The predicted molar refractivity (Wildman–Crippen MR) is 99.4 cm³/mol. The van der Waals surface area contributed by atoms with Crippen molar-refractivity contribution in [3.8, 4) is 11.5 Å². The fourth-order valence-corrected chi connectivity index (χ4v) is 1.98. The van der Waals surface area contributed by atoms with Crippen LogP contribution in [0, 0.1) is 0 Å². The Balaban J connectivity index is 0.00000242. The lowest BCUT2D eigenvalue weighted by molar-refractivity contribution is 0.174. The highest BCUT2D eigenvalue weighted by Gasteiger charge is 2.13. The van der Waals surface area contributed by atoms with Crippen LogP contribution in [0.4, 0.5) is 0 Å². The molecule has 2 rings (SSSR count). The van der Waals surface area contributed by atoms with E-state index in [4.69, 9.17) is 9.47 Å². The van der Waals surface area contributed by atoms with E-state index >= 15 is 0 Å². The highest BCUT2D eigenvalue weighted by atomic mass is 127. The first-order chi connectivity index (χ1) is 10.2. The maximum absolute atomic E-state index is 5.37. The van der Waals surface area contributed by atoms with E-state index in [1.54, 1.807) is 7.05 Å². The van der Waals surface area contributed by atoms with E-state index in [0.29, 0.717) is 13.3 Å². The van der Waals surface area contributed by atoms with Crippen LogP contribution in [0.25, 0.3) is 0 Å². The summed E-state index contributed by atoms with van der Waals surface area (Å²) in [5.41, 5.74) is 1.13. The number of aliphatic imine (C=N–C) groups is 1. The molecule has 0 unspecified atom stereocenters. The zero-order valence-corrected chi connectivity index (χ0v) is 15.7. The van der Waals surface area contributed by atoms with Gasteiger partial charge in [-0.1, -0.05) is 13.0 Å². The molecular weight excluding hydrogens is 395 g/mol. The molecule has 1 aromatic rings. The number of benzene rings is 1. The van der Waals surface area contributed by atoms with Crippen LogP contribution >= 0.6 is 24.0 Å². The van der Waals surface area contributed by atoms with E-state index < -0.39 is 0 Å². The van der Waals surface area contributed by atoms with Gasteiger partial charge in [0.05, 0.1) is 0 Å². The van der Waals surface area contributed by atoms with Gasteiger partial charge in [0.25, 0.3) is 0 Å². The van der Waals surface area contributed by atoms with Gasteiger partial charge in [0.15, 0.2) is 17.5 Å². The Morgan fingerprint density at radius 3 is 2.77 bits per heavy atom. The fraction of sp³-hybridized carbons (Fsp3) is 0.533. The molecule has 0 saturated carbocycles. The minimum Gasteiger partial charge on any atom is -0.454 e. The Morgan fingerprint density at radius 1 is 1.27 bits per heavy atom. The summed E-state index contributed by atoms with van der Waals surface area (Å²) in [4.78, 5) is 6.47. The van der Waals surface area contributed by atoms with Gasteiger partial charge in [-0.25, -0.2) is 0 Å². The van der Waals surface area contributed by atoms with E-state index in [0.717, 1.165) is 42.7 Å². The molecule has 1 aliphatic heterocycles. The molecule has 124 valence electrons. The Labute approximate surface area is 149 Å². The number of hydrogen-bond donors (Lipinski definition) is 2. The average molecular weight is 420 g/mol. The first kappa shape index (κ1) is 18.8. The smallest absolute Gasteiger partial charge is 0.231 e. The second kappa shape index (κ2) is 9.73. The summed E-state index contributed by atoms with van der Waals surface area (Å²) < 4.78 is 10.7. The van der Waals surface area contributed by atoms with Crippen molar-refractivity contribution in [1.82, 2.24) is 15.5 Å². The van der Waals surface area contributed by atoms with Crippen molar-refractivity contribution in [2.75, 3.05) is 40.5 Å². The molecule has 0 amide bonds. The van der Waals surface area contributed by atoms with Gasteiger partial charge in [-0.3, -0.25) is 4.99 Å². The monoisotopic (exact) mass is 420 g/mol. The number of likely N-dealkylation sites (N-methyl/N-ethyl adjacent to an activating group) is 1. The molecule has 0 aliphatic carbocycles. The maximum Gasteiger partial charge on any atom is 0.231 e. The summed E-state index contributed by atoms with van der Waals surface area (Å²) in [6.07, 6.45) is 0. The van der Waals surface area contributed by atoms with Crippen LogP contribution in [0.3, 0.4) is 0 Å². The largest absolute Gasteiger partial charge is 0.454 e. The maximum atomic E-state index is 5.37. The highest BCUT2D eigenvalue weighted by Crippen LogP contribution is 2.32. The summed E-state index contributed by atoms with van der Waals surface area (Å²) in [5.74, 6) is 2.42. The van der Waals surface area contributed by atoms with Crippen LogP contribution in [0.5, 0.6) is 11.5 Å². The minimum absolute atomic E-state index is 0. The molecule has 0 fully saturated rings. The molecule has 1 heterocycles. The number of guanidine groups is 1. The lowest BCUT2D eigenvalue weighted by Gasteiger charge is -2.16. The van der Waals surface area contributed by atoms with E-state index in [-0.39, 0.29) is 24.0 Å². The van der Waals surface area contributed by atoms with E-state index in [9.17, 15) is 0 Å². The molecular formula is C15H25IN4O2.